The quantitative estimate of drug-likeness (QED) is 0.930. The van der Waals surface area contributed by atoms with Crippen molar-refractivity contribution >= 4 is 22.4 Å². The number of rotatable bonds is 3. The van der Waals surface area contributed by atoms with Gasteiger partial charge in [-0.25, -0.2) is 0 Å². The zero-order valence-corrected chi connectivity index (χ0v) is 11.3. The summed E-state index contributed by atoms with van der Waals surface area (Å²) in [6, 6.07) is 5.89. The first-order valence-corrected chi connectivity index (χ1v) is 6.87. The molecule has 2 aromatic rings. The number of fused-ring (bicyclic) bond motifs is 1. The molecular formula is C13H13N3O2S. The highest BCUT2D eigenvalue weighted by atomic mass is 32.1. The molecule has 19 heavy (non-hydrogen) atoms. The Morgan fingerprint density at radius 3 is 3.16 bits per heavy atom. The maximum absolute atomic E-state index is 11.9. The van der Waals surface area contributed by atoms with Gasteiger partial charge in [-0.2, -0.15) is 0 Å². The fraction of sp³-hybridized carbons (Fsp3) is 0.308. The van der Waals surface area contributed by atoms with Crippen LogP contribution in [0.25, 0.3) is 0 Å². The fourth-order valence-corrected chi connectivity index (χ4v) is 2.65. The van der Waals surface area contributed by atoms with E-state index in [4.69, 9.17) is 4.74 Å². The maximum atomic E-state index is 11.9. The highest BCUT2D eigenvalue weighted by Gasteiger charge is 2.14. The van der Waals surface area contributed by atoms with E-state index in [1.165, 1.54) is 16.9 Å². The number of nitrogens with one attached hydrogen (secondary N) is 1. The summed E-state index contributed by atoms with van der Waals surface area (Å²) in [6.07, 6.45) is 1.26. The summed E-state index contributed by atoms with van der Waals surface area (Å²) in [7, 11) is 0. The zero-order chi connectivity index (χ0) is 13.2. The van der Waals surface area contributed by atoms with Crippen LogP contribution < -0.4 is 10.1 Å². The Bertz CT molecular complexity index is 624. The zero-order valence-electron chi connectivity index (χ0n) is 10.5. The molecule has 3 rings (SSSR count). The van der Waals surface area contributed by atoms with Gasteiger partial charge in [0, 0.05) is 6.42 Å². The average molecular weight is 275 g/mol. The van der Waals surface area contributed by atoms with Crippen LogP contribution in [0.2, 0.25) is 0 Å². The van der Waals surface area contributed by atoms with Crippen molar-refractivity contribution in [1.29, 1.82) is 0 Å². The lowest BCUT2D eigenvalue weighted by molar-refractivity contribution is -0.115. The van der Waals surface area contributed by atoms with Gasteiger partial charge in [0.05, 0.1) is 13.0 Å². The van der Waals surface area contributed by atoms with E-state index in [0.29, 0.717) is 11.6 Å². The van der Waals surface area contributed by atoms with Crippen molar-refractivity contribution in [3.8, 4) is 5.75 Å². The van der Waals surface area contributed by atoms with Crippen LogP contribution in [-0.2, 0) is 17.6 Å². The van der Waals surface area contributed by atoms with Crippen molar-refractivity contribution in [1.82, 2.24) is 10.2 Å². The van der Waals surface area contributed by atoms with E-state index >= 15 is 0 Å². The normalized spacial score (nSPS) is 12.9. The van der Waals surface area contributed by atoms with Gasteiger partial charge in [0.2, 0.25) is 11.0 Å². The molecule has 0 radical (unpaired) electrons. The number of ether oxygens (including phenoxy) is 1. The summed E-state index contributed by atoms with van der Waals surface area (Å²) in [5, 5.41) is 11.9. The summed E-state index contributed by atoms with van der Waals surface area (Å²) < 4.78 is 5.44. The minimum absolute atomic E-state index is 0.0741. The van der Waals surface area contributed by atoms with Crippen LogP contribution in [0.1, 0.15) is 16.1 Å². The average Bonchev–Trinajstić information content (AvgIpc) is 2.97. The Balaban J connectivity index is 1.66. The molecule has 1 aromatic heterocycles. The van der Waals surface area contributed by atoms with Crippen LogP contribution in [-0.4, -0.2) is 22.7 Å². The Hall–Kier alpha value is -1.95. The lowest BCUT2D eigenvalue weighted by Crippen LogP contribution is -2.14. The topological polar surface area (TPSA) is 64.1 Å². The lowest BCUT2D eigenvalue weighted by Gasteiger charge is -2.04. The van der Waals surface area contributed by atoms with Crippen LogP contribution in [0.5, 0.6) is 5.75 Å². The van der Waals surface area contributed by atoms with E-state index in [0.717, 1.165) is 29.3 Å². The van der Waals surface area contributed by atoms with Crippen LogP contribution >= 0.6 is 11.3 Å². The van der Waals surface area contributed by atoms with Crippen molar-refractivity contribution in [2.45, 2.75) is 19.8 Å². The molecule has 0 spiro atoms. The van der Waals surface area contributed by atoms with Gasteiger partial charge in [-0.15, -0.1) is 10.2 Å². The molecule has 0 saturated heterocycles. The van der Waals surface area contributed by atoms with Crippen LogP contribution in [0.15, 0.2) is 18.2 Å². The lowest BCUT2D eigenvalue weighted by atomic mass is 10.1. The van der Waals surface area contributed by atoms with Crippen LogP contribution in [0.3, 0.4) is 0 Å². The van der Waals surface area contributed by atoms with Gasteiger partial charge in [-0.05, 0) is 24.1 Å². The maximum Gasteiger partial charge on any atom is 0.230 e. The van der Waals surface area contributed by atoms with Gasteiger partial charge < -0.3 is 10.1 Å². The Morgan fingerprint density at radius 2 is 2.37 bits per heavy atom. The number of aromatic nitrogens is 2. The first kappa shape index (κ1) is 12.1. The molecule has 0 fully saturated rings. The number of hydrogen-bond acceptors (Lipinski definition) is 5. The van der Waals surface area contributed by atoms with Crippen LogP contribution in [0, 0.1) is 6.92 Å². The minimum atomic E-state index is -0.0741. The summed E-state index contributed by atoms with van der Waals surface area (Å²) in [5.41, 5.74) is 2.17. The number of benzene rings is 1. The van der Waals surface area contributed by atoms with Gasteiger partial charge in [0.15, 0.2) is 0 Å². The molecule has 1 aliphatic rings. The third-order valence-corrected chi connectivity index (χ3v) is 3.65. The van der Waals surface area contributed by atoms with Crippen molar-refractivity contribution in [3.63, 3.8) is 0 Å². The van der Waals surface area contributed by atoms with E-state index in [-0.39, 0.29) is 5.91 Å². The molecule has 1 N–H and O–H groups in total. The highest BCUT2D eigenvalue weighted by molar-refractivity contribution is 7.15. The number of carbonyl (C=O) groups is 1. The van der Waals surface area contributed by atoms with Gasteiger partial charge in [-0.3, -0.25) is 4.79 Å². The molecule has 1 aromatic carbocycles. The van der Waals surface area contributed by atoms with E-state index in [2.05, 4.69) is 15.5 Å². The van der Waals surface area contributed by atoms with Gasteiger partial charge in [0.1, 0.15) is 10.8 Å². The predicted octanol–water partition coefficient (Wildman–Crippen LogP) is 1.96. The summed E-state index contributed by atoms with van der Waals surface area (Å²) in [4.78, 5) is 11.9. The van der Waals surface area contributed by atoms with Gasteiger partial charge in [-0.1, -0.05) is 23.5 Å². The van der Waals surface area contributed by atoms with Crippen molar-refractivity contribution in [2.75, 3.05) is 11.9 Å². The highest BCUT2D eigenvalue weighted by Crippen LogP contribution is 2.26. The monoisotopic (exact) mass is 275 g/mol. The molecular weight excluding hydrogens is 262 g/mol. The predicted molar refractivity (Wildman–Crippen MR) is 72.6 cm³/mol. The molecule has 98 valence electrons. The molecule has 0 unspecified atom stereocenters. The number of hydrogen-bond donors (Lipinski definition) is 1. The Kier molecular flexibility index (Phi) is 3.16. The first-order valence-electron chi connectivity index (χ1n) is 6.05. The smallest absolute Gasteiger partial charge is 0.230 e. The third kappa shape index (κ3) is 2.73. The summed E-state index contributed by atoms with van der Waals surface area (Å²) >= 11 is 1.37. The molecule has 2 heterocycles. The molecule has 0 bridgehead atoms. The largest absolute Gasteiger partial charge is 0.493 e. The molecule has 0 aliphatic carbocycles. The Labute approximate surface area is 114 Å². The SMILES string of the molecule is Cc1nnc(NC(=O)Cc2ccc3c(c2)CCO3)s1. The van der Waals surface area contributed by atoms with Crippen LogP contribution in [0.4, 0.5) is 5.13 Å². The first-order chi connectivity index (χ1) is 9.20. The summed E-state index contributed by atoms with van der Waals surface area (Å²) in [6.45, 7) is 2.59. The molecule has 6 heteroatoms. The van der Waals surface area contributed by atoms with E-state index < -0.39 is 0 Å². The third-order valence-electron chi connectivity index (χ3n) is 2.89. The van der Waals surface area contributed by atoms with E-state index in [9.17, 15) is 4.79 Å². The van der Waals surface area contributed by atoms with Crippen molar-refractivity contribution < 1.29 is 9.53 Å². The number of carbonyl (C=O) groups excluding carboxylic acids is 1. The second kappa shape index (κ2) is 4.97. The number of aryl methyl sites for hydroxylation is 1. The standard InChI is InChI=1S/C13H13N3O2S/c1-8-15-16-13(19-8)14-12(17)7-9-2-3-11-10(6-9)4-5-18-11/h2-3,6H,4-5,7H2,1H3,(H,14,16,17). The number of nitrogens with zero attached hydrogens (tertiary/aromatic N) is 2. The van der Waals surface area contributed by atoms with Crippen molar-refractivity contribution in [2.24, 2.45) is 0 Å². The molecule has 0 atom stereocenters. The van der Waals surface area contributed by atoms with E-state index in [1.54, 1.807) is 0 Å². The number of amides is 1. The molecule has 0 saturated carbocycles. The van der Waals surface area contributed by atoms with Gasteiger partial charge >= 0.3 is 0 Å². The minimum Gasteiger partial charge on any atom is -0.493 e. The second-order valence-corrected chi connectivity index (χ2v) is 5.57. The van der Waals surface area contributed by atoms with Gasteiger partial charge in [0.25, 0.3) is 0 Å². The van der Waals surface area contributed by atoms with Crippen molar-refractivity contribution in [3.05, 3.63) is 34.3 Å². The number of anilines is 1. The fourth-order valence-electron chi connectivity index (χ4n) is 2.05. The molecule has 5 nitrogen and oxygen atoms in total. The second-order valence-electron chi connectivity index (χ2n) is 4.39. The van der Waals surface area contributed by atoms with E-state index in [1.807, 2.05) is 25.1 Å². The molecule has 1 aliphatic heterocycles. The Morgan fingerprint density at radius 1 is 1.47 bits per heavy atom. The molecule has 1 amide bonds. The summed E-state index contributed by atoms with van der Waals surface area (Å²) in [5.74, 6) is 0.860.